The Kier molecular flexibility index (Phi) is 5.63. The summed E-state index contributed by atoms with van der Waals surface area (Å²) in [6.07, 6.45) is 0. The molecule has 2 aliphatic rings. The predicted octanol–water partition coefficient (Wildman–Crippen LogP) is 1.89. The molecule has 1 unspecified atom stereocenters. The van der Waals surface area contributed by atoms with Gasteiger partial charge in [0.25, 0.3) is 5.91 Å². The molecule has 2 aromatic rings. The van der Waals surface area contributed by atoms with Gasteiger partial charge in [0.05, 0.1) is 25.4 Å². The number of benzene rings is 1. The van der Waals surface area contributed by atoms with Crippen LogP contribution < -0.4 is 0 Å². The maximum Gasteiger partial charge on any atom is 0.421 e. The van der Waals surface area contributed by atoms with E-state index in [9.17, 15) is 9.59 Å². The Labute approximate surface area is 185 Å². The molecule has 3 amide bonds. The van der Waals surface area contributed by atoms with Crippen LogP contribution in [0.1, 0.15) is 17.0 Å². The number of hydrogen-bond acceptors (Lipinski definition) is 5. The van der Waals surface area contributed by atoms with Crippen LogP contribution >= 0.6 is 11.6 Å². The molecule has 31 heavy (non-hydrogen) atoms. The van der Waals surface area contributed by atoms with Gasteiger partial charge in [-0.15, -0.1) is 9.78 Å². The van der Waals surface area contributed by atoms with Gasteiger partial charge in [-0.25, -0.2) is 9.37 Å². The minimum absolute atomic E-state index is 0.149. The number of ether oxygens (including phenoxy) is 1. The number of hydrogen-bond donors (Lipinski definition) is 0. The molecule has 0 spiro atoms. The summed E-state index contributed by atoms with van der Waals surface area (Å²) in [5.41, 5.74) is 2.54. The molecule has 162 valence electrons. The molecular weight excluding hydrogens is 420 g/mol. The fraction of sp³-hybridized carbons (Fsp3) is 0.381. The first-order chi connectivity index (χ1) is 14.8. The average Bonchev–Trinajstić information content (AvgIpc) is 3.28. The number of imide groups is 1. The molecule has 9 nitrogen and oxygen atoms in total. The molecule has 3 heterocycles. The van der Waals surface area contributed by atoms with Crippen LogP contribution in [-0.2, 0) is 16.1 Å². The normalized spacial score (nSPS) is 18.7. The molecule has 1 saturated heterocycles. The van der Waals surface area contributed by atoms with Gasteiger partial charge in [-0.3, -0.25) is 14.6 Å². The van der Waals surface area contributed by atoms with Crippen LogP contribution in [0, 0.1) is 13.8 Å². The number of aromatic nitrogens is 2. The summed E-state index contributed by atoms with van der Waals surface area (Å²) in [5.74, 6) is 0.564. The van der Waals surface area contributed by atoms with Crippen molar-refractivity contribution >= 4 is 35.3 Å². The van der Waals surface area contributed by atoms with E-state index in [-0.39, 0.29) is 12.5 Å². The van der Waals surface area contributed by atoms with Gasteiger partial charge in [-0.2, -0.15) is 0 Å². The summed E-state index contributed by atoms with van der Waals surface area (Å²) in [6, 6.07) is 7.87. The number of urea groups is 1. The summed E-state index contributed by atoms with van der Waals surface area (Å²) >= 11 is 5.96. The van der Waals surface area contributed by atoms with Crippen LogP contribution in [0.2, 0.25) is 5.02 Å². The lowest BCUT2D eigenvalue weighted by Gasteiger charge is -2.34. The summed E-state index contributed by atoms with van der Waals surface area (Å²) in [6.45, 7) is 4.78. The number of nitrogens with zero attached hydrogens (tertiary/aromatic N) is 6. The van der Waals surface area contributed by atoms with Crippen LogP contribution in [0.4, 0.5) is 4.79 Å². The van der Waals surface area contributed by atoms with Gasteiger partial charge in [-0.05, 0) is 37.6 Å². The highest BCUT2D eigenvalue weighted by Gasteiger charge is 2.53. The van der Waals surface area contributed by atoms with Gasteiger partial charge in [0, 0.05) is 19.2 Å². The standard InChI is InChI=1S/C21H24ClN6O3/c1-13-11-14(2)28(24-13)20-23-18-17(26(20)9-10-31-4)19(29)27(21(30)25(18)3)12-15-5-7-16(22)8-6-15/h5-8,11,17H,9-10,12H2,1-4H3/q+1. The van der Waals surface area contributed by atoms with Gasteiger partial charge >= 0.3 is 12.0 Å². The van der Waals surface area contributed by atoms with E-state index in [1.54, 1.807) is 43.1 Å². The molecule has 1 aromatic heterocycles. The molecule has 0 N–H and O–H groups in total. The fourth-order valence-electron chi connectivity index (χ4n) is 3.84. The predicted molar refractivity (Wildman–Crippen MR) is 115 cm³/mol. The highest BCUT2D eigenvalue weighted by molar-refractivity contribution is 6.30. The Morgan fingerprint density at radius 2 is 1.90 bits per heavy atom. The fourth-order valence-corrected chi connectivity index (χ4v) is 3.97. The first-order valence-corrected chi connectivity index (χ1v) is 10.3. The number of carbonyl (C=O) groups is 2. The summed E-state index contributed by atoms with van der Waals surface area (Å²) < 4.78 is 8.81. The molecule has 2 aliphatic heterocycles. The largest absolute Gasteiger partial charge is 0.421 e. The van der Waals surface area contributed by atoms with Crippen molar-refractivity contribution in [3.05, 3.63) is 52.3 Å². The van der Waals surface area contributed by atoms with E-state index in [1.807, 2.05) is 24.5 Å². The number of aryl methyl sites for hydroxylation is 2. The van der Waals surface area contributed by atoms with Crippen molar-refractivity contribution in [1.29, 1.82) is 0 Å². The maximum atomic E-state index is 13.5. The molecule has 1 atom stereocenters. The summed E-state index contributed by atoms with van der Waals surface area (Å²) in [7, 11) is 3.24. The number of amides is 3. The zero-order valence-corrected chi connectivity index (χ0v) is 18.6. The quantitative estimate of drug-likeness (QED) is 0.661. The van der Waals surface area contributed by atoms with Gasteiger partial charge in [0.1, 0.15) is 5.69 Å². The first-order valence-electron chi connectivity index (χ1n) is 9.90. The van der Waals surface area contributed by atoms with Crippen LogP contribution in [0.5, 0.6) is 0 Å². The van der Waals surface area contributed by atoms with E-state index >= 15 is 0 Å². The first kappa shape index (κ1) is 21.2. The number of likely N-dealkylation sites (N-methyl/N-ethyl adjacent to an activating group) is 1. The average molecular weight is 444 g/mol. The zero-order chi connectivity index (χ0) is 22.3. The van der Waals surface area contributed by atoms with E-state index in [0.717, 1.165) is 17.0 Å². The number of carbonyl (C=O) groups excluding carboxylic acids is 2. The lowest BCUT2D eigenvalue weighted by atomic mass is 10.1. The van der Waals surface area contributed by atoms with Crippen molar-refractivity contribution in [2.75, 3.05) is 27.3 Å². The van der Waals surface area contributed by atoms with Gasteiger partial charge in [0.2, 0.25) is 11.9 Å². The molecular formula is C21H24ClN6O3+. The molecule has 10 heteroatoms. The van der Waals surface area contributed by atoms with Crippen molar-refractivity contribution in [3.8, 4) is 0 Å². The van der Waals surface area contributed by atoms with Crippen LogP contribution in [0.3, 0.4) is 0 Å². The second-order valence-electron chi connectivity index (χ2n) is 7.59. The second-order valence-corrected chi connectivity index (χ2v) is 8.03. The van der Waals surface area contributed by atoms with Crippen molar-refractivity contribution < 1.29 is 18.9 Å². The topological polar surface area (TPSA) is 83.0 Å². The highest BCUT2D eigenvalue weighted by atomic mass is 35.5. The van der Waals surface area contributed by atoms with Crippen LogP contribution in [0.15, 0.2) is 35.3 Å². The smallest absolute Gasteiger partial charge is 0.381 e. The van der Waals surface area contributed by atoms with E-state index < -0.39 is 12.1 Å². The van der Waals surface area contributed by atoms with E-state index in [0.29, 0.717) is 30.0 Å². The molecule has 0 saturated carbocycles. The van der Waals surface area contributed by atoms with Gasteiger partial charge in [-0.1, -0.05) is 28.7 Å². The third-order valence-electron chi connectivity index (χ3n) is 5.38. The van der Waals surface area contributed by atoms with Crippen molar-refractivity contribution in [3.63, 3.8) is 0 Å². The minimum Gasteiger partial charge on any atom is -0.381 e. The van der Waals surface area contributed by atoms with E-state index in [2.05, 4.69) is 10.1 Å². The third-order valence-corrected chi connectivity index (χ3v) is 5.63. The number of methoxy groups -OCH3 is 1. The number of amidine groups is 1. The zero-order valence-electron chi connectivity index (χ0n) is 17.9. The van der Waals surface area contributed by atoms with E-state index in [1.165, 1.54) is 9.80 Å². The number of rotatable bonds is 5. The maximum absolute atomic E-state index is 13.5. The van der Waals surface area contributed by atoms with Crippen LogP contribution in [0.25, 0.3) is 0 Å². The van der Waals surface area contributed by atoms with Crippen molar-refractivity contribution in [1.82, 2.24) is 19.6 Å². The Hall–Kier alpha value is -3.04. The van der Waals surface area contributed by atoms with Crippen LogP contribution in [-0.4, -0.2) is 81.2 Å². The summed E-state index contributed by atoms with van der Waals surface area (Å²) in [5, 5.41) is 5.12. The molecule has 0 bridgehead atoms. The van der Waals surface area contributed by atoms with Gasteiger partial charge < -0.3 is 4.74 Å². The Morgan fingerprint density at radius 1 is 1.19 bits per heavy atom. The number of aliphatic imine (C=N–C) groups is 1. The molecule has 4 rings (SSSR count). The molecule has 0 aliphatic carbocycles. The third kappa shape index (κ3) is 3.75. The minimum atomic E-state index is -0.732. The summed E-state index contributed by atoms with van der Waals surface area (Å²) in [4.78, 5) is 33.9. The molecule has 1 fully saturated rings. The Balaban J connectivity index is 1.75. The number of fused-ring (bicyclic) bond motifs is 1. The van der Waals surface area contributed by atoms with Gasteiger partial charge in [0.15, 0.2) is 0 Å². The Morgan fingerprint density at radius 3 is 2.52 bits per heavy atom. The Bertz CT molecular complexity index is 1100. The molecule has 1 aromatic carbocycles. The van der Waals surface area contributed by atoms with E-state index in [4.69, 9.17) is 16.3 Å². The number of halogens is 1. The lowest BCUT2D eigenvalue weighted by molar-refractivity contribution is -0.539. The van der Waals surface area contributed by atoms with Crippen molar-refractivity contribution in [2.45, 2.75) is 26.4 Å². The highest BCUT2D eigenvalue weighted by Crippen LogP contribution is 2.23. The SMILES string of the molecule is COCC[N+]1=C(n2nc(C)cc2C)N=C2C1C(=O)N(Cc1ccc(Cl)cc1)C(=O)N2C. The molecule has 0 radical (unpaired) electrons. The monoisotopic (exact) mass is 443 g/mol. The lowest BCUT2D eigenvalue weighted by Crippen LogP contribution is -2.62. The second kappa shape index (κ2) is 8.24. The van der Waals surface area contributed by atoms with Crippen molar-refractivity contribution in [2.24, 2.45) is 4.99 Å².